The van der Waals surface area contributed by atoms with Gasteiger partial charge in [0.1, 0.15) is 19.3 Å². The number of hydrogen-bond donors (Lipinski definition) is 3. The molecule has 0 spiro atoms. The summed E-state index contributed by atoms with van der Waals surface area (Å²) in [4.78, 5) is 72.8. The molecule has 0 bridgehead atoms. The van der Waals surface area contributed by atoms with Crippen molar-refractivity contribution in [2.75, 3.05) is 39.6 Å². The standard InChI is InChI=1S/C81H136O17P2/c1-5-9-13-17-21-25-29-31-33-35-37-39-41-43-47-50-54-58-62-66-79(84)92-72-77(98-81(86)68-64-60-56-52-48-44-42-40-38-36-34-32-30-26-22-18-14-10-6-2)74-96-100(89,90)94-70-75(82)69-93-99(87,88)95-73-76(97-80(85)67-63-59-55-51-46-28-24-20-16-12-8-4)71-91-78(83)65-61-57-53-49-45-27-23-19-15-11-7-3/h9-10,13-14,19,21-23,25-26,31-34,37-40,43-44,47-48,75-77,82H,5-8,11-12,15-18,20,24,27-30,35-36,41-42,45-46,49-74H2,1-4H3,(H,87,88)(H,89,90)/b13-9-,14-10-,23-19-,25-21-,26-22-,33-31-,34-32-,39-37-,40-38-,47-43-,48-44-. The molecule has 0 aromatic carbocycles. The maximum absolute atomic E-state index is 13.1. The Morgan fingerprint density at radius 3 is 0.850 bits per heavy atom. The number of phosphoric ester groups is 2. The van der Waals surface area contributed by atoms with Crippen LogP contribution in [-0.2, 0) is 65.4 Å². The Morgan fingerprint density at radius 2 is 0.530 bits per heavy atom. The van der Waals surface area contributed by atoms with E-state index < -0.39 is 97.5 Å². The molecule has 0 aliphatic carbocycles. The average Bonchev–Trinajstić information content (AvgIpc) is 1.06. The molecule has 0 aromatic rings. The summed E-state index contributed by atoms with van der Waals surface area (Å²) < 4.78 is 68.4. The van der Waals surface area contributed by atoms with E-state index in [-0.39, 0.29) is 25.7 Å². The highest BCUT2D eigenvalue weighted by molar-refractivity contribution is 7.47. The smallest absolute Gasteiger partial charge is 0.462 e. The van der Waals surface area contributed by atoms with Crippen molar-refractivity contribution < 1.29 is 80.2 Å². The molecule has 5 unspecified atom stereocenters. The molecule has 17 nitrogen and oxygen atoms in total. The predicted molar refractivity (Wildman–Crippen MR) is 408 cm³/mol. The van der Waals surface area contributed by atoms with E-state index in [1.807, 2.05) is 0 Å². The molecule has 19 heteroatoms. The van der Waals surface area contributed by atoms with Crippen molar-refractivity contribution >= 4 is 39.5 Å². The third-order valence-corrected chi connectivity index (χ3v) is 17.5. The van der Waals surface area contributed by atoms with Gasteiger partial charge in [-0.25, -0.2) is 9.13 Å². The third kappa shape index (κ3) is 71.6. The fourth-order valence-electron chi connectivity index (χ4n) is 9.78. The molecule has 0 aliphatic heterocycles. The maximum Gasteiger partial charge on any atom is 0.472 e. The Morgan fingerprint density at radius 1 is 0.290 bits per heavy atom. The van der Waals surface area contributed by atoms with Crippen LogP contribution in [-0.4, -0.2) is 96.7 Å². The highest BCUT2D eigenvalue weighted by Crippen LogP contribution is 2.45. The topological polar surface area (TPSA) is 237 Å². The van der Waals surface area contributed by atoms with E-state index in [0.717, 1.165) is 167 Å². The molecule has 572 valence electrons. The number of aliphatic hydroxyl groups is 1. The molecule has 0 saturated heterocycles. The molecule has 3 N–H and O–H groups in total. The quantitative estimate of drug-likeness (QED) is 0.0169. The van der Waals surface area contributed by atoms with Crippen molar-refractivity contribution in [2.24, 2.45) is 0 Å². The first-order valence-electron chi connectivity index (χ1n) is 38.4. The van der Waals surface area contributed by atoms with Crippen LogP contribution in [0.1, 0.15) is 297 Å². The van der Waals surface area contributed by atoms with Crippen molar-refractivity contribution in [1.82, 2.24) is 0 Å². The lowest BCUT2D eigenvalue weighted by Crippen LogP contribution is -2.30. The first-order chi connectivity index (χ1) is 48.7. The van der Waals surface area contributed by atoms with E-state index in [4.69, 9.17) is 37.0 Å². The lowest BCUT2D eigenvalue weighted by molar-refractivity contribution is -0.161. The van der Waals surface area contributed by atoms with Gasteiger partial charge in [0.05, 0.1) is 26.4 Å². The number of rotatable bonds is 71. The summed E-state index contributed by atoms with van der Waals surface area (Å²) in [5.74, 6) is -2.26. The van der Waals surface area contributed by atoms with Gasteiger partial charge >= 0.3 is 39.5 Å². The first kappa shape index (κ1) is 95.2. The SMILES string of the molecule is CC/C=C\C/C=C\C/C=C\C/C=C\C/C=C\CCCCCC(=O)OCC(COP(=O)(O)OCC(O)COP(=O)(O)OCC(COC(=O)CCCCCCC/C=C\CCCC)OC(=O)CCCCCCCCCCCCC)OC(=O)CCCCC/C=C\C/C=C\C/C=C\C/C=C\C/C=C\CC. The monoisotopic (exact) mass is 1440 g/mol. The van der Waals surface area contributed by atoms with Crippen LogP contribution in [0.15, 0.2) is 134 Å². The van der Waals surface area contributed by atoms with Crippen molar-refractivity contribution in [2.45, 2.75) is 316 Å². The van der Waals surface area contributed by atoms with E-state index in [1.165, 1.54) is 51.4 Å². The molecule has 0 rings (SSSR count). The van der Waals surface area contributed by atoms with E-state index in [1.54, 1.807) is 0 Å². The van der Waals surface area contributed by atoms with Gasteiger partial charge in [0.15, 0.2) is 12.2 Å². The summed E-state index contributed by atoms with van der Waals surface area (Å²) in [7, 11) is -9.97. The van der Waals surface area contributed by atoms with Gasteiger partial charge < -0.3 is 33.8 Å². The number of esters is 4. The summed E-state index contributed by atoms with van der Waals surface area (Å²) in [6.07, 6.45) is 80.2. The minimum Gasteiger partial charge on any atom is -0.462 e. The number of unbranched alkanes of at least 4 members (excludes halogenated alkanes) is 23. The van der Waals surface area contributed by atoms with Crippen LogP contribution < -0.4 is 0 Å². The summed E-state index contributed by atoms with van der Waals surface area (Å²) in [5.41, 5.74) is 0. The molecule has 0 aromatic heterocycles. The fourth-order valence-corrected chi connectivity index (χ4v) is 11.4. The van der Waals surface area contributed by atoms with Crippen LogP contribution in [0.3, 0.4) is 0 Å². The van der Waals surface area contributed by atoms with Crippen LogP contribution in [0.4, 0.5) is 0 Å². The molecule has 100 heavy (non-hydrogen) atoms. The predicted octanol–water partition coefficient (Wildman–Crippen LogP) is 22.1. The number of ether oxygens (including phenoxy) is 4. The van der Waals surface area contributed by atoms with Crippen LogP contribution in [0.5, 0.6) is 0 Å². The molecule has 0 aliphatic rings. The summed E-state index contributed by atoms with van der Waals surface area (Å²) in [6.45, 7) is 4.51. The van der Waals surface area contributed by atoms with E-state index in [0.29, 0.717) is 25.7 Å². The van der Waals surface area contributed by atoms with E-state index >= 15 is 0 Å². The number of hydrogen-bond acceptors (Lipinski definition) is 15. The normalized spacial score (nSPS) is 14.7. The van der Waals surface area contributed by atoms with Gasteiger partial charge in [-0.2, -0.15) is 0 Å². The second kappa shape index (κ2) is 72.5. The summed E-state index contributed by atoms with van der Waals surface area (Å²) >= 11 is 0. The maximum atomic E-state index is 13.1. The van der Waals surface area contributed by atoms with Crippen LogP contribution in [0.2, 0.25) is 0 Å². The zero-order valence-electron chi connectivity index (χ0n) is 62.3. The molecule has 0 radical (unpaired) electrons. The molecule has 0 saturated carbocycles. The fraction of sp³-hybridized carbons (Fsp3) is 0.679. The molecule has 0 fully saturated rings. The van der Waals surface area contributed by atoms with Gasteiger partial charge in [-0.15, -0.1) is 0 Å². The molecule has 0 amide bonds. The molecule has 0 heterocycles. The van der Waals surface area contributed by atoms with Crippen molar-refractivity contribution in [3.8, 4) is 0 Å². The molecular formula is C81H136O17P2. The van der Waals surface area contributed by atoms with Crippen LogP contribution in [0.25, 0.3) is 0 Å². The number of allylic oxidation sites excluding steroid dienone is 22. The highest BCUT2D eigenvalue weighted by Gasteiger charge is 2.30. The Kier molecular flexibility index (Phi) is 69.1. The Hall–Kier alpha value is -4.80. The Labute approximate surface area is 605 Å². The highest BCUT2D eigenvalue weighted by atomic mass is 31.2. The van der Waals surface area contributed by atoms with Gasteiger partial charge in [0, 0.05) is 25.7 Å². The minimum absolute atomic E-state index is 0.0445. The lowest BCUT2D eigenvalue weighted by Gasteiger charge is -2.21. The van der Waals surface area contributed by atoms with E-state index in [9.17, 15) is 43.2 Å². The molecular weight excluding hydrogens is 1310 g/mol. The zero-order chi connectivity index (χ0) is 73.2. The van der Waals surface area contributed by atoms with Gasteiger partial charge in [0.2, 0.25) is 0 Å². The average molecular weight is 1440 g/mol. The van der Waals surface area contributed by atoms with Gasteiger partial charge in [0.25, 0.3) is 0 Å². The van der Waals surface area contributed by atoms with Gasteiger partial charge in [-0.05, 0) is 135 Å². The van der Waals surface area contributed by atoms with Gasteiger partial charge in [-0.3, -0.25) is 37.3 Å². The van der Waals surface area contributed by atoms with Crippen LogP contribution in [0, 0.1) is 0 Å². The van der Waals surface area contributed by atoms with Crippen molar-refractivity contribution in [3.05, 3.63) is 134 Å². The molecule has 5 atom stereocenters. The third-order valence-electron chi connectivity index (χ3n) is 15.6. The Bertz CT molecular complexity index is 2420. The number of carbonyl (C=O) groups excluding carboxylic acids is 4. The number of aliphatic hydroxyl groups excluding tert-OH is 1. The van der Waals surface area contributed by atoms with Crippen molar-refractivity contribution in [3.63, 3.8) is 0 Å². The van der Waals surface area contributed by atoms with Gasteiger partial charge in [-0.1, -0.05) is 271 Å². The second-order valence-corrected chi connectivity index (χ2v) is 28.1. The van der Waals surface area contributed by atoms with Crippen LogP contribution >= 0.6 is 15.6 Å². The Balaban J connectivity index is 5.41. The number of carbonyl (C=O) groups is 4. The summed E-state index contributed by atoms with van der Waals surface area (Å²) in [5, 5.41) is 10.6. The second-order valence-electron chi connectivity index (χ2n) is 25.2. The zero-order valence-corrected chi connectivity index (χ0v) is 64.1. The first-order valence-corrected chi connectivity index (χ1v) is 41.4. The minimum atomic E-state index is -5.00. The lowest BCUT2D eigenvalue weighted by atomic mass is 10.1. The van der Waals surface area contributed by atoms with Crippen molar-refractivity contribution in [1.29, 1.82) is 0 Å². The summed E-state index contributed by atoms with van der Waals surface area (Å²) in [6, 6.07) is 0. The van der Waals surface area contributed by atoms with E-state index in [2.05, 4.69) is 161 Å². The number of phosphoric acid groups is 2. The largest absolute Gasteiger partial charge is 0.472 e.